The number of rotatable bonds is 4. The van der Waals surface area contributed by atoms with E-state index in [9.17, 15) is 9.59 Å². The van der Waals surface area contributed by atoms with Crippen molar-refractivity contribution in [3.8, 4) is 0 Å². The van der Waals surface area contributed by atoms with Gasteiger partial charge in [0.1, 0.15) is 6.04 Å². The number of carbonyl (C=O) groups is 2. The normalized spacial score (nSPS) is 20.7. The van der Waals surface area contributed by atoms with Gasteiger partial charge in [-0.15, -0.1) is 0 Å². The average molecular weight is 297 g/mol. The monoisotopic (exact) mass is 297 g/mol. The number of urea groups is 1. The minimum Gasteiger partial charge on any atom is -0.378 e. The smallest absolute Gasteiger partial charge is 0.318 e. The van der Waals surface area contributed by atoms with Gasteiger partial charge in [-0.1, -0.05) is 13.8 Å². The highest BCUT2D eigenvalue weighted by molar-refractivity contribution is 5.87. The van der Waals surface area contributed by atoms with Crippen LogP contribution in [0.2, 0.25) is 0 Å². The topological polar surface area (TPSA) is 61.9 Å². The molecule has 120 valence electrons. The number of likely N-dealkylation sites (tertiary alicyclic amines) is 1. The van der Waals surface area contributed by atoms with Gasteiger partial charge >= 0.3 is 6.03 Å². The molecule has 0 spiro atoms. The number of nitrogens with zero attached hydrogens (tertiary/aromatic N) is 2. The lowest BCUT2D eigenvalue weighted by Crippen LogP contribution is -2.54. The fourth-order valence-corrected chi connectivity index (χ4v) is 2.86. The molecule has 2 rings (SSSR count). The molecule has 6 nitrogen and oxygen atoms in total. The highest BCUT2D eigenvalue weighted by atomic mass is 16.5. The van der Waals surface area contributed by atoms with Crippen LogP contribution in [-0.4, -0.2) is 67.2 Å². The van der Waals surface area contributed by atoms with E-state index in [-0.39, 0.29) is 11.9 Å². The number of amides is 3. The van der Waals surface area contributed by atoms with Gasteiger partial charge < -0.3 is 19.9 Å². The zero-order valence-corrected chi connectivity index (χ0v) is 13.1. The molecule has 21 heavy (non-hydrogen) atoms. The molecule has 2 aliphatic rings. The molecule has 2 saturated heterocycles. The van der Waals surface area contributed by atoms with Crippen LogP contribution in [0.5, 0.6) is 0 Å². The second-order valence-electron chi connectivity index (χ2n) is 6.26. The van der Waals surface area contributed by atoms with Crippen LogP contribution in [0.1, 0.15) is 33.1 Å². The first-order valence-electron chi connectivity index (χ1n) is 8.00. The zero-order chi connectivity index (χ0) is 15.2. The Bertz CT molecular complexity index is 361. The first-order chi connectivity index (χ1) is 10.1. The van der Waals surface area contributed by atoms with Crippen LogP contribution in [0.25, 0.3) is 0 Å². The zero-order valence-electron chi connectivity index (χ0n) is 13.1. The van der Waals surface area contributed by atoms with Crippen LogP contribution in [0.4, 0.5) is 4.79 Å². The average Bonchev–Trinajstić information content (AvgIpc) is 3.00. The minimum absolute atomic E-state index is 0.0720. The molecule has 2 aliphatic heterocycles. The van der Waals surface area contributed by atoms with E-state index in [1.807, 2.05) is 4.90 Å². The molecule has 0 aromatic rings. The van der Waals surface area contributed by atoms with Crippen LogP contribution in [0.3, 0.4) is 0 Å². The summed E-state index contributed by atoms with van der Waals surface area (Å²) < 4.78 is 5.25. The molecular formula is C15H27N3O3. The Hall–Kier alpha value is -1.30. The van der Waals surface area contributed by atoms with Crippen LogP contribution < -0.4 is 5.32 Å². The van der Waals surface area contributed by atoms with E-state index in [1.165, 1.54) is 0 Å². The molecule has 0 aromatic carbocycles. The number of ether oxygens (including phenoxy) is 1. The fourth-order valence-electron chi connectivity index (χ4n) is 2.86. The summed E-state index contributed by atoms with van der Waals surface area (Å²) in [7, 11) is 0. The molecule has 0 bridgehead atoms. The van der Waals surface area contributed by atoms with Crippen molar-refractivity contribution in [2.24, 2.45) is 5.92 Å². The van der Waals surface area contributed by atoms with Crippen molar-refractivity contribution in [3.63, 3.8) is 0 Å². The molecule has 0 unspecified atom stereocenters. The molecule has 0 aliphatic carbocycles. The molecule has 0 aromatic heterocycles. The highest BCUT2D eigenvalue weighted by Crippen LogP contribution is 2.14. The second-order valence-corrected chi connectivity index (χ2v) is 6.26. The summed E-state index contributed by atoms with van der Waals surface area (Å²) in [6.07, 6.45) is 2.82. The van der Waals surface area contributed by atoms with Crippen molar-refractivity contribution >= 4 is 11.9 Å². The van der Waals surface area contributed by atoms with Crippen molar-refractivity contribution in [2.45, 2.75) is 39.2 Å². The molecule has 0 radical (unpaired) electrons. The predicted octanol–water partition coefficient (Wildman–Crippen LogP) is 1.07. The summed E-state index contributed by atoms with van der Waals surface area (Å²) in [5, 5.41) is 2.93. The van der Waals surface area contributed by atoms with E-state index in [4.69, 9.17) is 4.74 Å². The van der Waals surface area contributed by atoms with Gasteiger partial charge in [0.2, 0.25) is 5.91 Å². The number of carbonyl (C=O) groups excluding carboxylic acids is 2. The van der Waals surface area contributed by atoms with Crippen molar-refractivity contribution in [3.05, 3.63) is 0 Å². The second kappa shape index (κ2) is 7.64. The highest BCUT2D eigenvalue weighted by Gasteiger charge is 2.29. The van der Waals surface area contributed by atoms with Gasteiger partial charge in [-0.3, -0.25) is 4.79 Å². The summed E-state index contributed by atoms with van der Waals surface area (Å²) in [5.41, 5.74) is 0. The lowest BCUT2D eigenvalue weighted by molar-refractivity contribution is -0.132. The van der Waals surface area contributed by atoms with E-state index in [0.29, 0.717) is 38.6 Å². The van der Waals surface area contributed by atoms with Crippen LogP contribution >= 0.6 is 0 Å². The largest absolute Gasteiger partial charge is 0.378 e. The molecule has 1 N–H and O–H groups in total. The maximum Gasteiger partial charge on any atom is 0.318 e. The molecule has 3 amide bonds. The van der Waals surface area contributed by atoms with Crippen LogP contribution in [0.15, 0.2) is 0 Å². The quantitative estimate of drug-likeness (QED) is 0.844. The first kappa shape index (κ1) is 16.1. The van der Waals surface area contributed by atoms with Crippen LogP contribution in [-0.2, 0) is 9.53 Å². The van der Waals surface area contributed by atoms with Crippen LogP contribution in [0, 0.1) is 5.92 Å². The molecule has 2 fully saturated rings. The third kappa shape index (κ3) is 4.59. The van der Waals surface area contributed by atoms with Crippen molar-refractivity contribution < 1.29 is 14.3 Å². The van der Waals surface area contributed by atoms with E-state index >= 15 is 0 Å². The predicted molar refractivity (Wildman–Crippen MR) is 80.0 cm³/mol. The lowest BCUT2D eigenvalue weighted by atomic mass is 10.0. The maximum absolute atomic E-state index is 12.6. The Balaban J connectivity index is 1.94. The Morgan fingerprint density at radius 2 is 1.67 bits per heavy atom. The molecule has 1 atom stereocenters. The van der Waals surface area contributed by atoms with E-state index in [1.54, 1.807) is 4.90 Å². The number of morpholine rings is 1. The number of hydrogen-bond acceptors (Lipinski definition) is 3. The summed E-state index contributed by atoms with van der Waals surface area (Å²) in [4.78, 5) is 28.5. The minimum atomic E-state index is -0.404. The van der Waals surface area contributed by atoms with Gasteiger partial charge in [0.05, 0.1) is 13.2 Å². The Kier molecular flexibility index (Phi) is 5.85. The third-order valence-electron chi connectivity index (χ3n) is 4.02. The fraction of sp³-hybridized carbons (Fsp3) is 0.867. The lowest BCUT2D eigenvalue weighted by Gasteiger charge is -2.31. The number of hydrogen-bond donors (Lipinski definition) is 1. The van der Waals surface area contributed by atoms with E-state index in [2.05, 4.69) is 19.2 Å². The van der Waals surface area contributed by atoms with Gasteiger partial charge in [0.25, 0.3) is 0 Å². The van der Waals surface area contributed by atoms with Gasteiger partial charge in [-0.25, -0.2) is 4.79 Å². The molecule has 2 heterocycles. The first-order valence-corrected chi connectivity index (χ1v) is 8.00. The third-order valence-corrected chi connectivity index (χ3v) is 4.02. The SMILES string of the molecule is CC(C)C[C@H](NC(=O)N1CCOCC1)C(=O)N1CCCC1. The molecule has 0 saturated carbocycles. The van der Waals surface area contributed by atoms with Gasteiger partial charge in [-0.2, -0.15) is 0 Å². The Labute approximate surface area is 126 Å². The van der Waals surface area contributed by atoms with E-state index < -0.39 is 6.04 Å². The molecular weight excluding hydrogens is 270 g/mol. The summed E-state index contributed by atoms with van der Waals surface area (Å²) in [5.74, 6) is 0.439. The van der Waals surface area contributed by atoms with E-state index in [0.717, 1.165) is 25.9 Å². The Morgan fingerprint density at radius 3 is 2.24 bits per heavy atom. The number of nitrogens with one attached hydrogen (secondary N) is 1. The van der Waals surface area contributed by atoms with Crippen molar-refractivity contribution in [1.29, 1.82) is 0 Å². The molecule has 6 heteroatoms. The summed E-state index contributed by atoms with van der Waals surface area (Å²) >= 11 is 0. The Morgan fingerprint density at radius 1 is 1.05 bits per heavy atom. The van der Waals surface area contributed by atoms with Crippen molar-refractivity contribution in [1.82, 2.24) is 15.1 Å². The van der Waals surface area contributed by atoms with Gasteiger partial charge in [-0.05, 0) is 25.2 Å². The summed E-state index contributed by atoms with van der Waals surface area (Å²) in [6.45, 7) is 8.12. The van der Waals surface area contributed by atoms with Gasteiger partial charge in [0, 0.05) is 26.2 Å². The standard InChI is InChI=1S/C15H27N3O3/c1-12(2)11-13(14(19)17-5-3-4-6-17)16-15(20)18-7-9-21-10-8-18/h12-13H,3-11H2,1-2H3,(H,16,20)/t13-/m0/s1. The summed E-state index contributed by atoms with van der Waals surface area (Å²) in [6, 6.07) is -0.546. The van der Waals surface area contributed by atoms with Gasteiger partial charge in [0.15, 0.2) is 0 Å². The maximum atomic E-state index is 12.6. The van der Waals surface area contributed by atoms with Crippen molar-refractivity contribution in [2.75, 3.05) is 39.4 Å².